The molecule has 2 aromatic rings. The fourth-order valence-corrected chi connectivity index (χ4v) is 5.89. The van der Waals surface area contributed by atoms with Crippen LogP contribution in [0, 0.1) is 23.2 Å². The predicted octanol–water partition coefficient (Wildman–Crippen LogP) is 1.62. The number of carbonyl (C=O) groups is 1. The van der Waals surface area contributed by atoms with Crippen LogP contribution < -0.4 is 4.18 Å². The van der Waals surface area contributed by atoms with Crippen molar-refractivity contribution in [1.82, 2.24) is 20.2 Å². The minimum absolute atomic E-state index is 0.0316. The first kappa shape index (κ1) is 17.1. The van der Waals surface area contributed by atoms with Crippen molar-refractivity contribution in [2.75, 3.05) is 5.75 Å². The van der Waals surface area contributed by atoms with Gasteiger partial charge in [-0.3, -0.25) is 4.79 Å². The smallest absolute Gasteiger partial charge is 0.309 e. The highest BCUT2D eigenvalue weighted by Crippen LogP contribution is 2.58. The van der Waals surface area contributed by atoms with Crippen molar-refractivity contribution in [1.29, 1.82) is 0 Å². The van der Waals surface area contributed by atoms with Gasteiger partial charge >= 0.3 is 10.1 Å². The average molecular weight is 376 g/mol. The van der Waals surface area contributed by atoms with Gasteiger partial charge in [0.1, 0.15) is 17.9 Å². The maximum Gasteiger partial charge on any atom is 0.309 e. The summed E-state index contributed by atoms with van der Waals surface area (Å²) < 4.78 is 31.8. The molecule has 4 rings (SSSR count). The molecule has 138 valence electrons. The van der Waals surface area contributed by atoms with E-state index in [1.807, 2.05) is 0 Å². The van der Waals surface area contributed by atoms with Gasteiger partial charge in [0.15, 0.2) is 0 Å². The SMILES string of the molecule is CC1(C)C2CCC1C(CS(=O)(=O)Oc1cccc(-n3cnnn3)c1)C2=O. The molecule has 3 atom stereocenters. The van der Waals surface area contributed by atoms with E-state index in [2.05, 4.69) is 29.4 Å². The third-order valence-corrected chi connectivity index (χ3v) is 7.07. The molecular weight excluding hydrogens is 356 g/mol. The molecule has 0 aliphatic heterocycles. The molecule has 0 amide bonds. The quantitative estimate of drug-likeness (QED) is 0.730. The number of hydrogen-bond donors (Lipinski definition) is 0. The first-order valence-electron chi connectivity index (χ1n) is 8.57. The van der Waals surface area contributed by atoms with Crippen molar-refractivity contribution < 1.29 is 17.4 Å². The van der Waals surface area contributed by atoms with Crippen molar-refractivity contribution in [3.8, 4) is 11.4 Å². The molecule has 2 aliphatic rings. The van der Waals surface area contributed by atoms with Crippen molar-refractivity contribution in [3.05, 3.63) is 30.6 Å². The Bertz CT molecular complexity index is 939. The minimum atomic E-state index is -3.89. The van der Waals surface area contributed by atoms with Crippen LogP contribution in [0.4, 0.5) is 0 Å². The second-order valence-electron chi connectivity index (χ2n) is 7.63. The summed E-state index contributed by atoms with van der Waals surface area (Å²) in [6.45, 7) is 4.13. The van der Waals surface area contributed by atoms with Gasteiger partial charge in [-0.25, -0.2) is 4.68 Å². The van der Waals surface area contributed by atoms with Gasteiger partial charge in [0.05, 0.1) is 11.4 Å². The summed E-state index contributed by atoms with van der Waals surface area (Å²) in [4.78, 5) is 12.6. The van der Waals surface area contributed by atoms with E-state index in [1.54, 1.807) is 24.3 Å². The second-order valence-corrected chi connectivity index (χ2v) is 9.24. The lowest BCUT2D eigenvalue weighted by molar-refractivity contribution is -0.125. The van der Waals surface area contributed by atoms with Crippen LogP contribution in [0.25, 0.3) is 5.69 Å². The van der Waals surface area contributed by atoms with E-state index >= 15 is 0 Å². The third kappa shape index (κ3) is 2.80. The molecule has 1 aromatic carbocycles. The number of rotatable bonds is 5. The summed E-state index contributed by atoms with van der Waals surface area (Å²) in [6.07, 6.45) is 3.17. The Balaban J connectivity index is 1.52. The van der Waals surface area contributed by atoms with E-state index in [9.17, 15) is 13.2 Å². The van der Waals surface area contributed by atoms with Crippen LogP contribution in [0.15, 0.2) is 30.6 Å². The monoisotopic (exact) mass is 376 g/mol. The van der Waals surface area contributed by atoms with Crippen LogP contribution in [0.1, 0.15) is 26.7 Å². The molecule has 2 bridgehead atoms. The molecule has 26 heavy (non-hydrogen) atoms. The summed E-state index contributed by atoms with van der Waals surface area (Å²) in [7, 11) is -3.89. The molecule has 0 spiro atoms. The summed E-state index contributed by atoms with van der Waals surface area (Å²) in [5.74, 6) is -0.433. The number of nitrogens with zero attached hydrogens (tertiary/aromatic N) is 4. The Kier molecular flexibility index (Phi) is 3.87. The lowest BCUT2D eigenvalue weighted by Crippen LogP contribution is -2.31. The second kappa shape index (κ2) is 5.87. The molecule has 2 saturated carbocycles. The zero-order valence-electron chi connectivity index (χ0n) is 14.6. The molecule has 2 fully saturated rings. The third-order valence-electron chi connectivity index (χ3n) is 5.85. The number of benzene rings is 1. The Morgan fingerprint density at radius 2 is 2.12 bits per heavy atom. The van der Waals surface area contributed by atoms with Gasteiger partial charge < -0.3 is 4.18 Å². The Hall–Kier alpha value is -2.29. The normalized spacial score (nSPS) is 27.0. The Labute approximate surface area is 151 Å². The highest BCUT2D eigenvalue weighted by atomic mass is 32.2. The Morgan fingerprint density at radius 3 is 2.77 bits per heavy atom. The number of fused-ring (bicyclic) bond motifs is 2. The van der Waals surface area contributed by atoms with Crippen molar-refractivity contribution in [2.24, 2.45) is 23.2 Å². The van der Waals surface area contributed by atoms with Gasteiger partial charge in [-0.15, -0.1) is 5.10 Å². The number of carbonyl (C=O) groups excluding carboxylic acids is 1. The minimum Gasteiger partial charge on any atom is -0.382 e. The van der Waals surface area contributed by atoms with E-state index < -0.39 is 16.0 Å². The summed E-state index contributed by atoms with van der Waals surface area (Å²) >= 11 is 0. The lowest BCUT2D eigenvalue weighted by atomic mass is 9.80. The van der Waals surface area contributed by atoms with E-state index in [4.69, 9.17) is 4.18 Å². The molecule has 9 heteroatoms. The van der Waals surface area contributed by atoms with Gasteiger partial charge in [0.2, 0.25) is 0 Å². The fraction of sp³-hybridized carbons (Fsp3) is 0.529. The maximum atomic E-state index is 12.6. The van der Waals surface area contributed by atoms with Gasteiger partial charge in [-0.2, -0.15) is 8.42 Å². The zero-order valence-corrected chi connectivity index (χ0v) is 15.4. The summed E-state index contributed by atoms with van der Waals surface area (Å²) in [5, 5.41) is 10.9. The van der Waals surface area contributed by atoms with Crippen LogP contribution in [-0.4, -0.2) is 40.2 Å². The number of ketones is 1. The molecule has 1 heterocycles. The van der Waals surface area contributed by atoms with Gasteiger partial charge in [0.25, 0.3) is 0 Å². The van der Waals surface area contributed by atoms with Crippen LogP contribution in [0.2, 0.25) is 0 Å². The molecule has 8 nitrogen and oxygen atoms in total. The van der Waals surface area contributed by atoms with Crippen molar-refractivity contribution >= 4 is 15.9 Å². The van der Waals surface area contributed by atoms with E-state index in [0.717, 1.165) is 12.8 Å². The van der Waals surface area contributed by atoms with E-state index in [0.29, 0.717) is 5.69 Å². The lowest BCUT2D eigenvalue weighted by Gasteiger charge is -2.25. The molecule has 0 N–H and O–H groups in total. The zero-order chi connectivity index (χ0) is 18.5. The topological polar surface area (TPSA) is 104 Å². The summed E-state index contributed by atoms with van der Waals surface area (Å²) in [5.41, 5.74) is 0.455. The number of tetrazole rings is 1. The van der Waals surface area contributed by atoms with Crippen LogP contribution in [-0.2, 0) is 14.9 Å². The van der Waals surface area contributed by atoms with Crippen molar-refractivity contribution in [3.63, 3.8) is 0 Å². The number of Topliss-reactive ketones (excluding diaryl/α,β-unsaturated/α-hetero) is 1. The van der Waals surface area contributed by atoms with Crippen LogP contribution >= 0.6 is 0 Å². The standard InChI is InChI=1S/C17H20N4O4S/c1-17(2)14-6-7-15(17)16(22)13(14)9-26(23,24)25-12-5-3-4-11(8-12)21-10-18-19-20-21/h3-5,8,10,13-15H,6-7,9H2,1-2H3. The highest BCUT2D eigenvalue weighted by molar-refractivity contribution is 7.87. The fourth-order valence-electron chi connectivity index (χ4n) is 4.59. The van der Waals surface area contributed by atoms with Gasteiger partial charge in [-0.1, -0.05) is 19.9 Å². The van der Waals surface area contributed by atoms with E-state index in [1.165, 1.54) is 11.0 Å². The van der Waals surface area contributed by atoms with Crippen molar-refractivity contribution in [2.45, 2.75) is 26.7 Å². The van der Waals surface area contributed by atoms with Gasteiger partial charge in [-0.05, 0) is 46.7 Å². The van der Waals surface area contributed by atoms with Crippen LogP contribution in [0.5, 0.6) is 5.75 Å². The molecule has 2 aliphatic carbocycles. The highest BCUT2D eigenvalue weighted by Gasteiger charge is 2.59. The molecule has 0 radical (unpaired) electrons. The molecule has 1 aromatic heterocycles. The first-order chi connectivity index (χ1) is 12.3. The maximum absolute atomic E-state index is 12.6. The largest absolute Gasteiger partial charge is 0.382 e. The first-order valence-corrected chi connectivity index (χ1v) is 10.1. The molecule has 3 unspecified atom stereocenters. The number of aromatic nitrogens is 4. The Morgan fingerprint density at radius 1 is 1.31 bits per heavy atom. The molecular formula is C17H20N4O4S. The van der Waals surface area contributed by atoms with Crippen LogP contribution in [0.3, 0.4) is 0 Å². The summed E-state index contributed by atoms with van der Waals surface area (Å²) in [6, 6.07) is 6.49. The van der Waals surface area contributed by atoms with Gasteiger partial charge in [0, 0.05) is 17.9 Å². The van der Waals surface area contributed by atoms with E-state index in [-0.39, 0.29) is 34.5 Å². The predicted molar refractivity (Wildman–Crippen MR) is 92.1 cm³/mol. The molecule has 0 saturated heterocycles. The average Bonchev–Trinajstić information content (AvgIpc) is 3.23. The number of hydrogen-bond acceptors (Lipinski definition) is 7.